The molecule has 0 saturated carbocycles. The van der Waals surface area contributed by atoms with Crippen molar-refractivity contribution in [1.29, 1.82) is 5.41 Å². The minimum absolute atomic E-state index is 0.123. The summed E-state index contributed by atoms with van der Waals surface area (Å²) in [6, 6.07) is 6.37. The molecular weight excluding hydrogens is 1920 g/mol. The third-order valence-corrected chi connectivity index (χ3v) is 22.9. The van der Waals surface area contributed by atoms with Crippen molar-refractivity contribution in [3.63, 3.8) is 0 Å². The fraction of sp³-hybridized carbons (Fsp3) is 0.391. The number of hydrogen-bond donors (Lipinski definition) is 31. The van der Waals surface area contributed by atoms with Crippen LogP contribution in [0.4, 0.5) is 0 Å². The zero-order chi connectivity index (χ0) is 106. The maximum Gasteiger partial charge on any atom is 0.305 e. The molecule has 0 spiro atoms. The molecule has 33 N–H and O–H groups in total. The summed E-state index contributed by atoms with van der Waals surface area (Å²) in [4.78, 5) is 295. The number of aliphatic hydroxyl groups excluding tert-OH is 1. The number of nitrogens with one attached hydrogen (secondary N) is 19. The van der Waals surface area contributed by atoms with Gasteiger partial charge >= 0.3 is 17.9 Å². The number of guanidine groups is 1. The van der Waals surface area contributed by atoms with E-state index in [2.05, 4.69) is 120 Å². The van der Waals surface area contributed by atoms with Gasteiger partial charge in [0.15, 0.2) is 5.96 Å². The SMILES string of the molecule is CC(=O)N[C@@H](Cc1ccc(O)cc1)C(=O)N[C@@H](CCC(=O)O)C(=O)N[C@@H](CC(=O)O)C(=O)N[C@@H](CS)C(=O)N[C@@H](CCCNC(=N)N)C(=O)N[C@H](C(=O)N[C@@H](Cc1c[nH]c2ccccc12)C(=O)N[C@@H](CCC(N)=O)C(=O)N[C@@H](CS)C(=O)N[C@@H](Cc1ccc(O)cc1)C(=O)N[C@@H](Cc1c[nH]c2ccccc12)C(=O)N[C@@H](CCC(=O)O)C(=O)N[C@@H](CC(N)=O)C(=O)N[C@@H](Cc1ccccc1)C(=O)NCC(N)=O)[C@@H](C)O. The van der Waals surface area contributed by atoms with Gasteiger partial charge in [0.1, 0.15) is 96.1 Å². The lowest BCUT2D eigenvalue weighted by molar-refractivity contribution is -0.142. The highest BCUT2D eigenvalue weighted by Gasteiger charge is 2.41. The van der Waals surface area contributed by atoms with Crippen molar-refractivity contribution in [2.24, 2.45) is 22.9 Å². The van der Waals surface area contributed by atoms with E-state index >= 15 is 14.4 Å². The zero-order valence-electron chi connectivity index (χ0n) is 77.8. The molecule has 5 aromatic carbocycles. The molecule has 15 atom stereocenters. The van der Waals surface area contributed by atoms with E-state index in [0.717, 1.165) is 13.8 Å². The number of phenols is 2. The second-order valence-corrected chi connectivity index (χ2v) is 34.2. The average molecular weight is 2040 g/mol. The lowest BCUT2D eigenvalue weighted by atomic mass is 10.0. The normalized spacial score (nSPS) is 14.1. The summed E-state index contributed by atoms with van der Waals surface area (Å²) in [5.41, 5.74) is 24.8. The number of carbonyl (C=O) groups excluding carboxylic acids is 18. The smallest absolute Gasteiger partial charge is 0.305 e. The van der Waals surface area contributed by atoms with Crippen molar-refractivity contribution in [3.05, 3.63) is 168 Å². The highest BCUT2D eigenvalue weighted by Crippen LogP contribution is 2.24. The van der Waals surface area contributed by atoms with Crippen LogP contribution >= 0.6 is 25.3 Å². The molecule has 0 fully saturated rings. The first kappa shape index (κ1) is 115. The summed E-state index contributed by atoms with van der Waals surface area (Å²) in [6.07, 6.45) is -7.79. The lowest BCUT2D eigenvalue weighted by Gasteiger charge is -2.29. The van der Waals surface area contributed by atoms with Crippen molar-refractivity contribution in [2.75, 3.05) is 24.6 Å². The quantitative estimate of drug-likeness (QED) is 0.00730. The van der Waals surface area contributed by atoms with Gasteiger partial charge in [0, 0.05) is 111 Å². The monoisotopic (exact) mass is 2040 g/mol. The van der Waals surface area contributed by atoms with E-state index in [0.29, 0.717) is 44.1 Å². The number of para-hydroxylation sites is 2. The number of benzene rings is 5. The summed E-state index contributed by atoms with van der Waals surface area (Å²) in [6.45, 7) is 1.31. The van der Waals surface area contributed by atoms with Gasteiger partial charge in [-0.1, -0.05) is 91.0 Å². The molecule has 2 aromatic heterocycles. The Balaban J connectivity index is 1.14. The summed E-state index contributed by atoms with van der Waals surface area (Å²) in [5, 5.41) is 108. The van der Waals surface area contributed by atoms with Crippen LogP contribution in [0.15, 0.2) is 140 Å². The van der Waals surface area contributed by atoms with E-state index in [1.54, 1.807) is 78.9 Å². The second-order valence-electron chi connectivity index (χ2n) is 33.4. The molecule has 0 bridgehead atoms. The molecule has 0 unspecified atom stereocenters. The van der Waals surface area contributed by atoms with Gasteiger partial charge in [-0.2, -0.15) is 25.3 Å². The van der Waals surface area contributed by atoms with Gasteiger partial charge in [0.25, 0.3) is 0 Å². The first-order chi connectivity index (χ1) is 68.3. The average Bonchev–Trinajstić information content (AvgIpc) is 1.64. The number of nitrogens with two attached hydrogens (primary N) is 4. The van der Waals surface area contributed by atoms with Gasteiger partial charge in [0.05, 0.1) is 25.5 Å². The second kappa shape index (κ2) is 56.7. The number of aromatic hydroxyl groups is 2. The molecule has 774 valence electrons. The van der Waals surface area contributed by atoms with Crippen LogP contribution < -0.4 is 108 Å². The Morgan fingerprint density at radius 3 is 1.05 bits per heavy atom. The molecule has 0 aliphatic carbocycles. The van der Waals surface area contributed by atoms with Gasteiger partial charge in [0.2, 0.25) is 106 Å². The van der Waals surface area contributed by atoms with Crippen LogP contribution in [-0.4, -0.2) is 286 Å². The van der Waals surface area contributed by atoms with Crippen molar-refractivity contribution < 1.29 is 131 Å². The number of fused-ring (bicyclic) bond motifs is 2. The number of aliphatic hydroxyl groups is 1. The van der Waals surface area contributed by atoms with E-state index in [9.17, 15) is 117 Å². The van der Waals surface area contributed by atoms with Gasteiger partial charge in [-0.05, 0) is 103 Å². The maximum absolute atomic E-state index is 15.3. The van der Waals surface area contributed by atoms with E-state index in [4.69, 9.17) is 28.3 Å². The fourth-order valence-corrected chi connectivity index (χ4v) is 15.3. The number of thiol groups is 2. The van der Waals surface area contributed by atoms with Crippen molar-refractivity contribution in [3.8, 4) is 11.5 Å². The molecule has 7 rings (SSSR count). The molecule has 2 heterocycles. The summed E-state index contributed by atoms with van der Waals surface area (Å²) in [7, 11) is 0. The van der Waals surface area contributed by atoms with Crippen LogP contribution in [0.3, 0.4) is 0 Å². The Labute approximate surface area is 832 Å². The number of H-pyrrole nitrogens is 2. The minimum atomic E-state index is -2.11. The van der Waals surface area contributed by atoms with E-state index < -0.39 is 316 Å². The number of rotatable bonds is 60. The zero-order valence-corrected chi connectivity index (χ0v) is 79.6. The molecule has 0 aliphatic rings. The molecule has 0 saturated heterocycles. The Morgan fingerprint density at radius 1 is 0.340 bits per heavy atom. The highest BCUT2D eigenvalue weighted by molar-refractivity contribution is 7.80. The number of carboxylic acid groups (broad SMARTS) is 3. The Hall–Kier alpha value is -16.4. The maximum atomic E-state index is 15.3. The van der Waals surface area contributed by atoms with Crippen LogP contribution in [0.25, 0.3) is 21.8 Å². The number of carboxylic acids is 3. The number of aromatic amines is 2. The van der Waals surface area contributed by atoms with Crippen LogP contribution in [0.5, 0.6) is 11.5 Å². The summed E-state index contributed by atoms with van der Waals surface area (Å²) < 4.78 is 0. The highest BCUT2D eigenvalue weighted by atomic mass is 32.1. The minimum Gasteiger partial charge on any atom is -0.508 e. The third kappa shape index (κ3) is 38.0. The Morgan fingerprint density at radius 2 is 0.667 bits per heavy atom. The summed E-state index contributed by atoms with van der Waals surface area (Å²) in [5.74, 6) is -27.6. The molecule has 144 heavy (non-hydrogen) atoms. The van der Waals surface area contributed by atoms with Crippen LogP contribution in [0, 0.1) is 5.41 Å². The van der Waals surface area contributed by atoms with Crippen molar-refractivity contribution in [2.45, 2.75) is 201 Å². The number of primary amides is 3. The fourth-order valence-electron chi connectivity index (χ4n) is 14.7. The standard InChI is InChI=1S/C92H117N23O27S2/c1-45(116)77(115-82(133)58(17-10-32-98-92(96)97)103-89(140)69(43-143)114-88(139)68(39-76(127)128)111-80(131)61(28-31-75(125)126)105-83(134)63(102-46(2)117)34-48-18-22-52(118)23-19-48)91(142)112-66(37-51-41-100-57-16-9-7-14-55(51)57)86(137)104-59(26-29-71(93)120)81(132)113-70(44-144)90(141)108-64(35-49-20-24-53(119)25-21-49)84(135)109-65(36-50-40-99-56-15-8-6-13-54(50)56)85(136)106-60(27-30-74(123)124)79(130)110-67(38-72(94)121)87(138)107-62(78(129)101-42-73(95)122)33-47-11-4-3-5-12-47/h3-9,11-16,18-25,40-41,45,58-70,77,99-100,116,118-119,143-144H,10,17,26-39,42-44H2,1-2H3,(H2,93,120)(H2,94,121)(H2,95,122)(H,101,129)(H,102,117)(H,103,140)(H,104,137)(H,105,134)(H,106,136)(H,107,138)(H,108,141)(H,109,135)(H,110,130)(H,111,131)(H,112,142)(H,113,132)(H,114,139)(H,115,133)(H,123,124)(H,125,126)(H,127,128)(H4,96,97,98)/t45-,58+,59+,60+,61+,62+,63+,64+,65+,66+,67+,68+,69+,70+,77+/m1/s1. The Kier molecular flexibility index (Phi) is 45.1. The van der Waals surface area contributed by atoms with Crippen molar-refractivity contribution in [1.82, 2.24) is 95.0 Å². The van der Waals surface area contributed by atoms with E-state index in [-0.39, 0.29) is 42.9 Å². The number of carbonyl (C=O) groups is 21. The number of aromatic nitrogens is 2. The molecule has 7 aromatic rings. The van der Waals surface area contributed by atoms with E-state index in [1.165, 1.54) is 60.9 Å². The van der Waals surface area contributed by atoms with Crippen LogP contribution in [-0.2, 0) is 133 Å². The molecule has 0 radical (unpaired) electrons. The van der Waals surface area contributed by atoms with E-state index in [1.807, 2.05) is 0 Å². The summed E-state index contributed by atoms with van der Waals surface area (Å²) >= 11 is 8.55. The van der Waals surface area contributed by atoms with Gasteiger partial charge in [-0.15, -0.1) is 0 Å². The Bertz CT molecular complexity index is 5790. The lowest BCUT2D eigenvalue weighted by Crippen LogP contribution is -2.62. The predicted molar refractivity (Wildman–Crippen MR) is 519 cm³/mol. The first-order valence-electron chi connectivity index (χ1n) is 45.0. The molecular formula is C92H117N23O27S2. The first-order valence-corrected chi connectivity index (χ1v) is 46.2. The number of amides is 18. The third-order valence-electron chi connectivity index (χ3n) is 22.1. The van der Waals surface area contributed by atoms with Gasteiger partial charge in [-0.3, -0.25) is 106 Å². The molecule has 18 amide bonds. The largest absolute Gasteiger partial charge is 0.508 e. The van der Waals surface area contributed by atoms with Crippen LogP contribution in [0.2, 0.25) is 0 Å². The number of hydrogen-bond acceptors (Lipinski definition) is 27. The van der Waals surface area contributed by atoms with Crippen LogP contribution in [0.1, 0.15) is 106 Å². The number of aliphatic carboxylic acids is 3. The van der Waals surface area contributed by atoms with Gasteiger partial charge in [-0.25, -0.2) is 0 Å². The van der Waals surface area contributed by atoms with Gasteiger partial charge < -0.3 is 149 Å². The topological polar surface area (TPSA) is 832 Å². The molecule has 0 aliphatic heterocycles. The number of phenolic OH excluding ortho intramolecular Hbond substituents is 2. The van der Waals surface area contributed by atoms with Crippen molar-refractivity contribution >= 4 is 177 Å². The predicted octanol–water partition coefficient (Wildman–Crippen LogP) is -6.17. The molecule has 50 nitrogen and oxygen atoms in total. The molecule has 52 heteroatoms.